The molecule has 6 rings (SSSR count). The zero-order chi connectivity index (χ0) is 29.7. The van der Waals surface area contributed by atoms with Crippen LogP contribution < -0.4 is 19.5 Å². The summed E-state index contributed by atoms with van der Waals surface area (Å²) in [5, 5.41) is 4.09. The maximum atomic E-state index is 13.5. The minimum absolute atomic E-state index is 0.0533. The number of allylic oxidation sites excluding steroid dienone is 1. The van der Waals surface area contributed by atoms with E-state index in [9.17, 15) is 18.0 Å². The molecule has 3 aliphatic rings. The van der Waals surface area contributed by atoms with Crippen LogP contribution in [0.2, 0.25) is 0 Å². The SMILES string of the molecule is C=C[C@@H]1C[C@]1(CC(=O)[C@@H]1C[C@@H](Oc2cc(-c3ccccc3)nc3cc(OC)ccc23)CN1)C(=O)NS(=O)(=O)C1(C)CC1. The van der Waals surface area contributed by atoms with E-state index in [1.54, 1.807) is 20.1 Å². The van der Waals surface area contributed by atoms with Gasteiger partial charge in [0.25, 0.3) is 0 Å². The van der Waals surface area contributed by atoms with E-state index >= 15 is 0 Å². The fraction of sp³-hybridized carbons (Fsp3) is 0.406. The zero-order valence-corrected chi connectivity index (χ0v) is 24.6. The summed E-state index contributed by atoms with van der Waals surface area (Å²) in [6, 6.07) is 16.9. The number of aromatic nitrogens is 1. The van der Waals surface area contributed by atoms with Crippen LogP contribution in [0.4, 0.5) is 0 Å². The molecule has 1 amide bonds. The van der Waals surface area contributed by atoms with Crippen molar-refractivity contribution in [3.8, 4) is 22.8 Å². The average Bonchev–Trinajstić information content (AvgIpc) is 3.86. The normalized spacial score (nSPS) is 25.9. The Kier molecular flexibility index (Phi) is 7.09. The number of hydrogen-bond donors (Lipinski definition) is 2. The lowest BCUT2D eigenvalue weighted by Gasteiger charge is -2.20. The second kappa shape index (κ2) is 10.5. The van der Waals surface area contributed by atoms with E-state index in [0.717, 1.165) is 22.2 Å². The Morgan fingerprint density at radius 3 is 2.60 bits per heavy atom. The maximum Gasteiger partial charge on any atom is 0.240 e. The molecule has 0 radical (unpaired) electrons. The number of rotatable bonds is 11. The van der Waals surface area contributed by atoms with Crippen LogP contribution in [0.1, 0.15) is 39.0 Å². The molecular formula is C32H35N3O6S. The molecule has 9 nitrogen and oxygen atoms in total. The quantitative estimate of drug-likeness (QED) is 0.320. The van der Waals surface area contributed by atoms with Crippen LogP contribution in [0.5, 0.6) is 11.5 Å². The van der Waals surface area contributed by atoms with E-state index in [4.69, 9.17) is 14.5 Å². The van der Waals surface area contributed by atoms with E-state index in [-0.39, 0.29) is 24.2 Å². The number of sulfonamides is 1. The summed E-state index contributed by atoms with van der Waals surface area (Å²) in [5.74, 6) is 0.365. The standard InChI is InChI=1S/C32H35N3O6S/c1-4-21-17-32(21,30(37)35-42(38,39)31(2)12-13-31)18-28(36)27-15-23(19-33-27)41-29-16-25(20-8-6-5-7-9-20)34-26-14-22(40-3)10-11-24(26)29/h4-11,14,16,21,23,27,33H,1,12-13,15,17-19H2,2-3H3,(H,35,37)/t21-,23-,27+,32-/m1/s1. The van der Waals surface area contributed by atoms with Gasteiger partial charge in [-0.1, -0.05) is 36.4 Å². The van der Waals surface area contributed by atoms with Gasteiger partial charge < -0.3 is 14.8 Å². The molecule has 4 atom stereocenters. The molecule has 0 bridgehead atoms. The molecule has 42 heavy (non-hydrogen) atoms. The molecule has 2 saturated carbocycles. The lowest BCUT2D eigenvalue weighted by molar-refractivity contribution is -0.130. The number of ether oxygens (including phenoxy) is 2. The number of ketones is 1. The third-order valence-electron chi connectivity index (χ3n) is 9.01. The van der Waals surface area contributed by atoms with Gasteiger partial charge in [-0.05, 0) is 44.2 Å². The van der Waals surface area contributed by atoms with Crippen molar-refractivity contribution in [1.29, 1.82) is 0 Å². The van der Waals surface area contributed by atoms with Gasteiger partial charge in [-0.2, -0.15) is 0 Å². The molecule has 1 aliphatic heterocycles. The topological polar surface area (TPSA) is 124 Å². The predicted molar refractivity (Wildman–Crippen MR) is 160 cm³/mol. The van der Waals surface area contributed by atoms with Crippen molar-refractivity contribution < 1.29 is 27.5 Å². The Labute approximate surface area is 245 Å². The Balaban J connectivity index is 1.17. The monoisotopic (exact) mass is 589 g/mol. The molecule has 3 fully saturated rings. The fourth-order valence-electron chi connectivity index (χ4n) is 5.79. The van der Waals surface area contributed by atoms with Crippen LogP contribution in [0.25, 0.3) is 22.2 Å². The second-order valence-corrected chi connectivity index (χ2v) is 14.1. The van der Waals surface area contributed by atoms with Crippen LogP contribution in [0.15, 0.2) is 67.3 Å². The highest BCUT2D eigenvalue weighted by Gasteiger charge is 2.62. The van der Waals surface area contributed by atoms with Crippen molar-refractivity contribution in [3.05, 3.63) is 67.3 Å². The molecule has 0 spiro atoms. The van der Waals surface area contributed by atoms with Crippen molar-refractivity contribution in [1.82, 2.24) is 15.0 Å². The third-order valence-corrected chi connectivity index (χ3v) is 11.2. The van der Waals surface area contributed by atoms with Crippen molar-refractivity contribution in [3.63, 3.8) is 0 Å². The highest BCUT2D eigenvalue weighted by atomic mass is 32.2. The lowest BCUT2D eigenvalue weighted by atomic mass is 9.92. The first-order valence-electron chi connectivity index (χ1n) is 14.2. The molecule has 2 heterocycles. The number of nitrogens with zero attached hydrogens (tertiary/aromatic N) is 1. The highest BCUT2D eigenvalue weighted by Crippen LogP contribution is 2.57. The average molecular weight is 590 g/mol. The largest absolute Gasteiger partial charge is 0.497 e. The van der Waals surface area contributed by atoms with E-state index in [2.05, 4.69) is 16.6 Å². The van der Waals surface area contributed by atoms with Gasteiger partial charge >= 0.3 is 0 Å². The maximum absolute atomic E-state index is 13.5. The van der Waals surface area contributed by atoms with E-state index in [1.807, 2.05) is 54.6 Å². The van der Waals surface area contributed by atoms with Gasteiger partial charge in [-0.25, -0.2) is 13.4 Å². The molecule has 2 N–H and O–H groups in total. The van der Waals surface area contributed by atoms with Gasteiger partial charge in [-0.15, -0.1) is 6.58 Å². The summed E-state index contributed by atoms with van der Waals surface area (Å²) in [5.41, 5.74) is 1.36. The lowest BCUT2D eigenvalue weighted by Crippen LogP contribution is -2.44. The van der Waals surface area contributed by atoms with Crippen molar-refractivity contribution >= 4 is 32.6 Å². The number of fused-ring (bicyclic) bond motifs is 1. The summed E-state index contributed by atoms with van der Waals surface area (Å²) in [6.45, 7) is 5.88. The minimum Gasteiger partial charge on any atom is -0.497 e. The molecular weight excluding hydrogens is 554 g/mol. The summed E-state index contributed by atoms with van der Waals surface area (Å²) in [6.07, 6.45) is 3.17. The Morgan fingerprint density at radius 2 is 1.93 bits per heavy atom. The van der Waals surface area contributed by atoms with E-state index in [1.165, 1.54) is 0 Å². The van der Waals surface area contributed by atoms with Gasteiger partial charge in [-0.3, -0.25) is 14.3 Å². The minimum atomic E-state index is -3.80. The smallest absolute Gasteiger partial charge is 0.240 e. The van der Waals surface area contributed by atoms with Crippen molar-refractivity contribution in [2.24, 2.45) is 11.3 Å². The van der Waals surface area contributed by atoms with Crippen LogP contribution in [-0.4, -0.2) is 55.6 Å². The summed E-state index contributed by atoms with van der Waals surface area (Å²) < 4.78 is 38.7. The molecule has 2 aliphatic carbocycles. The Morgan fingerprint density at radius 1 is 1.17 bits per heavy atom. The number of amides is 1. The van der Waals surface area contributed by atoms with E-state index < -0.39 is 32.1 Å². The first-order valence-corrected chi connectivity index (χ1v) is 15.7. The van der Waals surface area contributed by atoms with Crippen LogP contribution >= 0.6 is 0 Å². The third kappa shape index (κ3) is 5.18. The molecule has 2 aromatic carbocycles. The molecule has 3 aromatic rings. The van der Waals surface area contributed by atoms with Gasteiger partial charge in [0, 0.05) is 42.5 Å². The van der Waals surface area contributed by atoms with Crippen LogP contribution in [0, 0.1) is 11.3 Å². The summed E-state index contributed by atoms with van der Waals surface area (Å²) in [7, 11) is -2.19. The molecule has 0 unspecified atom stereocenters. The van der Waals surface area contributed by atoms with Crippen LogP contribution in [-0.2, 0) is 19.6 Å². The Bertz CT molecular complexity index is 1670. The van der Waals surface area contributed by atoms with Crippen LogP contribution in [0.3, 0.4) is 0 Å². The highest BCUT2D eigenvalue weighted by molar-refractivity contribution is 7.91. The molecule has 220 valence electrons. The van der Waals surface area contributed by atoms with Crippen molar-refractivity contribution in [2.45, 2.75) is 55.9 Å². The number of hydrogen-bond acceptors (Lipinski definition) is 8. The van der Waals surface area contributed by atoms with Crippen molar-refractivity contribution in [2.75, 3.05) is 13.7 Å². The molecule has 1 saturated heterocycles. The number of benzene rings is 2. The second-order valence-electron chi connectivity index (χ2n) is 11.9. The van der Waals surface area contributed by atoms with Gasteiger partial charge in [0.2, 0.25) is 15.9 Å². The number of carbonyl (C=O) groups excluding carboxylic acids is 2. The number of carbonyl (C=O) groups is 2. The number of methoxy groups -OCH3 is 1. The van der Waals surface area contributed by atoms with E-state index in [0.29, 0.717) is 43.7 Å². The number of Topliss-reactive ketones (excluding diaryl/α,β-unsaturated/α-hetero) is 1. The summed E-state index contributed by atoms with van der Waals surface area (Å²) >= 11 is 0. The number of nitrogens with one attached hydrogen (secondary N) is 2. The molecule has 1 aromatic heterocycles. The van der Waals surface area contributed by atoms with Gasteiger partial charge in [0.1, 0.15) is 17.6 Å². The first-order chi connectivity index (χ1) is 20.1. The predicted octanol–water partition coefficient (Wildman–Crippen LogP) is 4.17. The Hall–Kier alpha value is -3.76. The summed E-state index contributed by atoms with van der Waals surface area (Å²) in [4.78, 5) is 31.5. The first kappa shape index (κ1) is 28.4. The number of pyridine rings is 1. The fourth-order valence-corrected chi connectivity index (χ4v) is 7.12. The molecule has 10 heteroatoms. The zero-order valence-electron chi connectivity index (χ0n) is 23.8. The van der Waals surface area contributed by atoms with Gasteiger partial charge in [0.05, 0.1) is 34.5 Å². The van der Waals surface area contributed by atoms with Gasteiger partial charge in [0.15, 0.2) is 5.78 Å².